The second kappa shape index (κ2) is 6.64. The molecule has 1 heteroatoms. The van der Waals surface area contributed by atoms with Gasteiger partial charge in [-0.2, -0.15) is 0 Å². The predicted octanol–water partition coefficient (Wildman–Crippen LogP) is 4.64. The van der Waals surface area contributed by atoms with Crippen molar-refractivity contribution in [2.24, 2.45) is 4.99 Å². The fourth-order valence-electron chi connectivity index (χ4n) is 1.29. The highest BCUT2D eigenvalue weighted by Gasteiger charge is 1.94. The van der Waals surface area contributed by atoms with Crippen molar-refractivity contribution in [3.63, 3.8) is 0 Å². The minimum absolute atomic E-state index is 0.797. The van der Waals surface area contributed by atoms with Crippen LogP contribution in [0.5, 0.6) is 0 Å². The highest BCUT2D eigenvalue weighted by atomic mass is 14.7. The van der Waals surface area contributed by atoms with Gasteiger partial charge in [0.1, 0.15) is 0 Å². The molecule has 1 rings (SSSR count). The summed E-state index contributed by atoms with van der Waals surface area (Å²) in [6.07, 6.45) is 6.12. The summed E-state index contributed by atoms with van der Waals surface area (Å²) in [5.74, 6) is 0. The number of nitrogens with zero attached hydrogens (tertiary/aromatic N) is 1. The van der Waals surface area contributed by atoms with E-state index in [0.717, 1.165) is 17.0 Å². The second-order valence-electron chi connectivity index (χ2n) is 3.93. The lowest BCUT2D eigenvalue weighted by atomic mass is 10.2. The molecule has 0 aliphatic heterocycles. The summed E-state index contributed by atoms with van der Waals surface area (Å²) in [5, 5.41) is 0. The highest BCUT2D eigenvalue weighted by molar-refractivity contribution is 5.96. The molecule has 0 aliphatic rings. The summed E-state index contributed by atoms with van der Waals surface area (Å²) >= 11 is 0. The van der Waals surface area contributed by atoms with Crippen molar-refractivity contribution in [2.45, 2.75) is 20.8 Å². The van der Waals surface area contributed by atoms with Gasteiger partial charge in [0.05, 0.1) is 5.70 Å². The average molecular weight is 225 g/mol. The monoisotopic (exact) mass is 225 g/mol. The van der Waals surface area contributed by atoms with Gasteiger partial charge < -0.3 is 0 Å². The Balaban J connectivity index is 2.76. The summed E-state index contributed by atoms with van der Waals surface area (Å²) in [7, 11) is 0. The molecule has 0 unspecified atom stereocenters. The maximum absolute atomic E-state index is 4.46. The minimum Gasteiger partial charge on any atom is -0.254 e. The Bertz CT molecular complexity index is 462. The van der Waals surface area contributed by atoms with Crippen LogP contribution >= 0.6 is 0 Å². The maximum Gasteiger partial charge on any atom is 0.0633 e. The SMILES string of the molecule is C=C(N=C(C)/C=C\C(C)=CC)c1ccccc1. The molecule has 0 amide bonds. The molecule has 0 N–H and O–H groups in total. The van der Waals surface area contributed by atoms with Gasteiger partial charge in [-0.25, -0.2) is 0 Å². The molecule has 1 nitrogen and oxygen atoms in total. The van der Waals surface area contributed by atoms with Crippen molar-refractivity contribution < 1.29 is 0 Å². The zero-order chi connectivity index (χ0) is 12.7. The molecule has 0 atom stereocenters. The van der Waals surface area contributed by atoms with Gasteiger partial charge in [-0.1, -0.05) is 54.6 Å². The first-order valence-corrected chi connectivity index (χ1v) is 5.74. The normalized spacial score (nSPS) is 13.1. The van der Waals surface area contributed by atoms with E-state index in [1.807, 2.05) is 50.3 Å². The van der Waals surface area contributed by atoms with E-state index >= 15 is 0 Å². The first-order chi connectivity index (χ1) is 8.13. The third-order valence-corrected chi connectivity index (χ3v) is 2.46. The van der Waals surface area contributed by atoms with Gasteiger partial charge in [0, 0.05) is 5.71 Å². The standard InChI is InChI=1S/C16H19N/c1-5-13(2)11-12-14(3)17-15(4)16-9-7-6-8-10-16/h5-12H,4H2,1-3H3/b12-11-,13-5?,17-14?. The van der Waals surface area contributed by atoms with Crippen LogP contribution in [0.15, 0.2) is 65.7 Å². The van der Waals surface area contributed by atoms with Crippen molar-refractivity contribution in [1.82, 2.24) is 0 Å². The van der Waals surface area contributed by atoms with Crippen molar-refractivity contribution in [3.8, 4) is 0 Å². The van der Waals surface area contributed by atoms with Crippen LogP contribution < -0.4 is 0 Å². The van der Waals surface area contributed by atoms with Crippen molar-refractivity contribution in [1.29, 1.82) is 0 Å². The maximum atomic E-state index is 4.46. The Morgan fingerprint density at radius 1 is 1.12 bits per heavy atom. The van der Waals surface area contributed by atoms with Crippen molar-refractivity contribution >= 4 is 11.4 Å². The zero-order valence-electron chi connectivity index (χ0n) is 10.8. The van der Waals surface area contributed by atoms with Crippen LogP contribution in [0.1, 0.15) is 26.3 Å². The van der Waals surface area contributed by atoms with Crippen LogP contribution in [0.25, 0.3) is 5.70 Å². The number of allylic oxidation sites excluding steroid dienone is 4. The molecule has 88 valence electrons. The van der Waals surface area contributed by atoms with E-state index < -0.39 is 0 Å². The lowest BCUT2D eigenvalue weighted by molar-refractivity contribution is 1.47. The van der Waals surface area contributed by atoms with E-state index in [0.29, 0.717) is 0 Å². The first-order valence-electron chi connectivity index (χ1n) is 5.74. The quantitative estimate of drug-likeness (QED) is 0.523. The number of rotatable bonds is 4. The van der Waals surface area contributed by atoms with Gasteiger partial charge in [-0.15, -0.1) is 0 Å². The zero-order valence-corrected chi connectivity index (χ0v) is 10.8. The largest absolute Gasteiger partial charge is 0.254 e. The Labute approximate surface area is 104 Å². The van der Waals surface area contributed by atoms with Gasteiger partial charge >= 0.3 is 0 Å². The first kappa shape index (κ1) is 13.2. The topological polar surface area (TPSA) is 12.4 Å². The molecule has 0 saturated heterocycles. The second-order valence-corrected chi connectivity index (χ2v) is 3.93. The van der Waals surface area contributed by atoms with Crippen LogP contribution in [-0.2, 0) is 0 Å². The third kappa shape index (κ3) is 4.64. The molecule has 0 aliphatic carbocycles. The average Bonchev–Trinajstić information content (AvgIpc) is 2.36. The van der Waals surface area contributed by atoms with Crippen LogP contribution in [0, 0.1) is 0 Å². The fourth-order valence-corrected chi connectivity index (χ4v) is 1.29. The van der Waals surface area contributed by atoms with Gasteiger partial charge in [-0.3, -0.25) is 4.99 Å². The van der Waals surface area contributed by atoms with Crippen LogP contribution in [0.3, 0.4) is 0 Å². The van der Waals surface area contributed by atoms with E-state index in [1.165, 1.54) is 5.57 Å². The number of benzene rings is 1. The van der Waals surface area contributed by atoms with Gasteiger partial charge in [0.25, 0.3) is 0 Å². The molecule has 1 aromatic rings. The third-order valence-electron chi connectivity index (χ3n) is 2.46. The summed E-state index contributed by atoms with van der Waals surface area (Å²) < 4.78 is 0. The summed E-state index contributed by atoms with van der Waals surface area (Å²) in [6.45, 7) is 10.0. The van der Waals surface area contributed by atoms with Crippen LogP contribution in [-0.4, -0.2) is 5.71 Å². The molecular weight excluding hydrogens is 206 g/mol. The molecule has 17 heavy (non-hydrogen) atoms. The van der Waals surface area contributed by atoms with Crippen molar-refractivity contribution in [3.05, 3.63) is 66.3 Å². The highest BCUT2D eigenvalue weighted by Crippen LogP contribution is 2.13. The molecule has 1 aromatic carbocycles. The van der Waals surface area contributed by atoms with E-state index in [1.54, 1.807) is 0 Å². The Hall–Kier alpha value is -1.89. The lowest BCUT2D eigenvalue weighted by Gasteiger charge is -2.00. The van der Waals surface area contributed by atoms with E-state index in [-0.39, 0.29) is 0 Å². The summed E-state index contributed by atoms with van der Waals surface area (Å²) in [5.41, 5.74) is 4.04. The smallest absolute Gasteiger partial charge is 0.0633 e. The van der Waals surface area contributed by atoms with Gasteiger partial charge in [0.2, 0.25) is 0 Å². The van der Waals surface area contributed by atoms with E-state index in [9.17, 15) is 0 Å². The molecule has 0 saturated carbocycles. The Morgan fingerprint density at radius 2 is 1.76 bits per heavy atom. The van der Waals surface area contributed by atoms with E-state index in [2.05, 4.69) is 30.6 Å². The summed E-state index contributed by atoms with van der Waals surface area (Å²) in [6, 6.07) is 10.00. The Kier molecular flexibility index (Phi) is 5.15. The number of hydrogen-bond donors (Lipinski definition) is 0. The molecule has 0 spiro atoms. The predicted molar refractivity (Wildman–Crippen MR) is 77.2 cm³/mol. The molecule has 0 aromatic heterocycles. The van der Waals surface area contributed by atoms with Crippen LogP contribution in [0.4, 0.5) is 0 Å². The number of aliphatic imine (C=N–C) groups is 1. The van der Waals surface area contributed by atoms with Crippen LogP contribution in [0.2, 0.25) is 0 Å². The molecule has 0 heterocycles. The lowest BCUT2D eigenvalue weighted by Crippen LogP contribution is -1.87. The molecule has 0 bridgehead atoms. The molecule has 0 fully saturated rings. The van der Waals surface area contributed by atoms with Gasteiger partial charge in [-0.05, 0) is 32.4 Å². The number of hydrogen-bond acceptors (Lipinski definition) is 1. The minimum atomic E-state index is 0.797. The molecular formula is C16H19N. The van der Waals surface area contributed by atoms with Crippen molar-refractivity contribution in [2.75, 3.05) is 0 Å². The molecule has 0 radical (unpaired) electrons. The fraction of sp³-hybridized carbons (Fsp3) is 0.188. The van der Waals surface area contributed by atoms with E-state index in [4.69, 9.17) is 0 Å². The summed E-state index contributed by atoms with van der Waals surface area (Å²) in [4.78, 5) is 4.46. The van der Waals surface area contributed by atoms with Gasteiger partial charge in [0.15, 0.2) is 0 Å². The Morgan fingerprint density at radius 3 is 2.35 bits per heavy atom.